The van der Waals surface area contributed by atoms with Crippen molar-refractivity contribution in [2.24, 2.45) is 0 Å². The van der Waals surface area contributed by atoms with Crippen LogP contribution in [0.2, 0.25) is 0 Å². The molecule has 25 heavy (non-hydrogen) atoms. The highest BCUT2D eigenvalue weighted by atomic mass is 16.3. The highest BCUT2D eigenvalue weighted by Crippen LogP contribution is 2.22. The average Bonchev–Trinajstić information content (AvgIpc) is 2.86. The summed E-state index contributed by atoms with van der Waals surface area (Å²) in [5, 5.41) is 14.5. The summed E-state index contributed by atoms with van der Waals surface area (Å²) >= 11 is 0. The van der Waals surface area contributed by atoms with Gasteiger partial charge in [0.15, 0.2) is 0 Å². The largest absolute Gasteiger partial charge is 0.508 e. The molecule has 0 aliphatic carbocycles. The fourth-order valence-electron chi connectivity index (χ4n) is 2.60. The predicted molar refractivity (Wildman–Crippen MR) is 91.6 cm³/mol. The number of hydrogen-bond donors (Lipinski definition) is 3. The van der Waals surface area contributed by atoms with Gasteiger partial charge in [0.1, 0.15) is 5.75 Å². The van der Waals surface area contributed by atoms with E-state index in [2.05, 4.69) is 10.6 Å². The Morgan fingerprint density at radius 1 is 0.960 bits per heavy atom. The molecule has 0 saturated carbocycles. The number of benzene rings is 2. The minimum atomic E-state index is -0.395. The summed E-state index contributed by atoms with van der Waals surface area (Å²) in [5.74, 6) is -0.477. The first-order chi connectivity index (χ1) is 12.1. The van der Waals surface area contributed by atoms with Gasteiger partial charge in [0.2, 0.25) is 0 Å². The molecular formula is C18H17N3O4. The zero-order chi connectivity index (χ0) is 17.8. The number of carbonyl (C=O) groups is 3. The number of amides is 4. The minimum absolute atomic E-state index is 0.118. The first-order valence-corrected chi connectivity index (χ1v) is 7.85. The Balaban J connectivity index is 1.45. The van der Waals surface area contributed by atoms with E-state index < -0.39 is 6.03 Å². The van der Waals surface area contributed by atoms with Crippen LogP contribution in [0.1, 0.15) is 27.1 Å². The molecule has 3 N–H and O–H groups in total. The summed E-state index contributed by atoms with van der Waals surface area (Å²) in [6.07, 6.45) is 0.453. The number of rotatable bonds is 5. The third-order valence-electron chi connectivity index (χ3n) is 3.85. The van der Waals surface area contributed by atoms with Gasteiger partial charge in [-0.1, -0.05) is 12.1 Å². The number of carbonyl (C=O) groups excluding carboxylic acids is 3. The molecule has 7 nitrogen and oxygen atoms in total. The minimum Gasteiger partial charge on any atom is -0.508 e. The molecule has 1 aliphatic rings. The van der Waals surface area contributed by atoms with Crippen LogP contribution in [-0.2, 0) is 0 Å². The Morgan fingerprint density at radius 3 is 2.16 bits per heavy atom. The fraction of sp³-hybridized carbons (Fsp3) is 0.167. The van der Waals surface area contributed by atoms with Crippen molar-refractivity contribution in [2.45, 2.75) is 6.42 Å². The molecule has 0 bridgehead atoms. The van der Waals surface area contributed by atoms with E-state index in [0.29, 0.717) is 29.8 Å². The monoisotopic (exact) mass is 339 g/mol. The number of nitrogens with zero attached hydrogens (tertiary/aromatic N) is 1. The molecule has 0 unspecified atom stereocenters. The van der Waals surface area contributed by atoms with Crippen molar-refractivity contribution in [1.82, 2.24) is 10.2 Å². The third-order valence-corrected chi connectivity index (χ3v) is 3.85. The Labute approximate surface area is 144 Å². The zero-order valence-electron chi connectivity index (χ0n) is 13.4. The Hall–Kier alpha value is -3.35. The van der Waals surface area contributed by atoms with Gasteiger partial charge in [-0.15, -0.1) is 0 Å². The maximum absolute atomic E-state index is 12.2. The smallest absolute Gasteiger partial charge is 0.319 e. The van der Waals surface area contributed by atoms with Gasteiger partial charge in [-0.2, -0.15) is 0 Å². The SMILES string of the molecule is O=C(NCCCN1C(=O)c2ccccc2C1=O)Nc1ccc(O)cc1. The van der Waals surface area contributed by atoms with Crippen molar-refractivity contribution < 1.29 is 19.5 Å². The summed E-state index contributed by atoms with van der Waals surface area (Å²) in [6.45, 7) is 0.559. The van der Waals surface area contributed by atoms with Gasteiger partial charge in [0.25, 0.3) is 11.8 Å². The van der Waals surface area contributed by atoms with Gasteiger partial charge in [-0.25, -0.2) is 4.79 Å². The third kappa shape index (κ3) is 3.60. The number of fused-ring (bicyclic) bond motifs is 1. The molecule has 1 aliphatic heterocycles. The van der Waals surface area contributed by atoms with E-state index in [1.807, 2.05) is 0 Å². The van der Waals surface area contributed by atoms with E-state index >= 15 is 0 Å². The molecular weight excluding hydrogens is 322 g/mol. The average molecular weight is 339 g/mol. The molecule has 0 saturated heterocycles. The van der Waals surface area contributed by atoms with E-state index in [1.165, 1.54) is 17.0 Å². The molecule has 2 aromatic rings. The molecule has 7 heteroatoms. The lowest BCUT2D eigenvalue weighted by atomic mass is 10.1. The van der Waals surface area contributed by atoms with E-state index in [-0.39, 0.29) is 24.1 Å². The second-order valence-corrected chi connectivity index (χ2v) is 5.59. The Morgan fingerprint density at radius 2 is 1.56 bits per heavy atom. The quantitative estimate of drug-likeness (QED) is 0.442. The van der Waals surface area contributed by atoms with Gasteiger partial charge >= 0.3 is 6.03 Å². The van der Waals surface area contributed by atoms with Crippen LogP contribution in [0.3, 0.4) is 0 Å². The number of nitrogens with one attached hydrogen (secondary N) is 2. The number of imide groups is 1. The van der Waals surface area contributed by atoms with Gasteiger partial charge in [-0.3, -0.25) is 14.5 Å². The van der Waals surface area contributed by atoms with Crippen molar-refractivity contribution in [2.75, 3.05) is 18.4 Å². The first kappa shape index (κ1) is 16.5. The van der Waals surface area contributed by atoms with Crippen molar-refractivity contribution in [3.05, 3.63) is 59.7 Å². The summed E-state index contributed by atoms with van der Waals surface area (Å²) in [5.41, 5.74) is 1.40. The summed E-state index contributed by atoms with van der Waals surface area (Å²) in [4.78, 5) is 37.3. The summed E-state index contributed by atoms with van der Waals surface area (Å²) in [7, 11) is 0. The van der Waals surface area contributed by atoms with E-state index in [0.717, 1.165) is 0 Å². The number of phenolic OH excluding ortho intramolecular Hbond substituents is 1. The standard InChI is InChI=1S/C18H17N3O4/c22-13-8-6-12(7-9-13)20-18(25)19-10-3-11-21-16(23)14-4-1-2-5-15(14)17(21)24/h1-2,4-9,22H,3,10-11H2,(H2,19,20,25). The molecule has 0 radical (unpaired) electrons. The topological polar surface area (TPSA) is 98.7 Å². The predicted octanol–water partition coefficient (Wildman–Crippen LogP) is 2.20. The van der Waals surface area contributed by atoms with Crippen molar-refractivity contribution in [1.29, 1.82) is 0 Å². The molecule has 1 heterocycles. The molecule has 2 aromatic carbocycles. The maximum Gasteiger partial charge on any atom is 0.319 e. The van der Waals surface area contributed by atoms with E-state index in [4.69, 9.17) is 0 Å². The molecule has 0 atom stereocenters. The molecule has 4 amide bonds. The van der Waals surface area contributed by atoms with Crippen molar-refractivity contribution in [3.8, 4) is 5.75 Å². The lowest BCUT2D eigenvalue weighted by Crippen LogP contribution is -2.35. The van der Waals surface area contributed by atoms with Crippen LogP contribution in [0, 0.1) is 0 Å². The second-order valence-electron chi connectivity index (χ2n) is 5.59. The number of anilines is 1. The number of urea groups is 1. The lowest BCUT2D eigenvalue weighted by molar-refractivity contribution is 0.0653. The van der Waals surface area contributed by atoms with Crippen LogP contribution in [0.15, 0.2) is 48.5 Å². The van der Waals surface area contributed by atoms with E-state index in [9.17, 15) is 19.5 Å². The molecule has 3 rings (SSSR count). The molecule has 128 valence electrons. The van der Waals surface area contributed by atoms with Gasteiger partial charge in [0.05, 0.1) is 11.1 Å². The first-order valence-electron chi connectivity index (χ1n) is 7.85. The highest BCUT2D eigenvalue weighted by molar-refractivity contribution is 6.21. The number of hydrogen-bond acceptors (Lipinski definition) is 4. The summed E-state index contributed by atoms with van der Waals surface area (Å²) < 4.78 is 0. The van der Waals surface area contributed by atoms with Crippen LogP contribution < -0.4 is 10.6 Å². The van der Waals surface area contributed by atoms with Crippen LogP contribution in [0.5, 0.6) is 5.75 Å². The molecule has 0 aromatic heterocycles. The van der Waals surface area contributed by atoms with Gasteiger partial charge in [0, 0.05) is 18.8 Å². The van der Waals surface area contributed by atoms with Crippen LogP contribution >= 0.6 is 0 Å². The number of phenols is 1. The van der Waals surface area contributed by atoms with E-state index in [1.54, 1.807) is 36.4 Å². The van der Waals surface area contributed by atoms with Crippen LogP contribution in [-0.4, -0.2) is 40.9 Å². The lowest BCUT2D eigenvalue weighted by Gasteiger charge is -2.14. The Bertz CT molecular complexity index is 782. The fourth-order valence-corrected chi connectivity index (χ4v) is 2.60. The van der Waals surface area contributed by atoms with Crippen molar-refractivity contribution in [3.63, 3.8) is 0 Å². The Kier molecular flexibility index (Phi) is 4.65. The molecule has 0 fully saturated rings. The maximum atomic E-state index is 12.2. The summed E-state index contributed by atoms with van der Waals surface area (Å²) in [6, 6.07) is 12.4. The highest BCUT2D eigenvalue weighted by Gasteiger charge is 2.34. The number of aromatic hydroxyl groups is 1. The second kappa shape index (κ2) is 7.04. The van der Waals surface area contributed by atoms with Gasteiger partial charge < -0.3 is 15.7 Å². The zero-order valence-corrected chi connectivity index (χ0v) is 13.4. The van der Waals surface area contributed by atoms with Crippen LogP contribution in [0.4, 0.5) is 10.5 Å². The van der Waals surface area contributed by atoms with Gasteiger partial charge in [-0.05, 0) is 42.8 Å². The van der Waals surface area contributed by atoms with Crippen LogP contribution in [0.25, 0.3) is 0 Å². The normalized spacial score (nSPS) is 12.9. The van der Waals surface area contributed by atoms with Crippen molar-refractivity contribution >= 4 is 23.5 Å². The molecule has 0 spiro atoms.